The molecule has 5 heteroatoms. The van der Waals surface area contributed by atoms with E-state index in [-0.39, 0.29) is 11.8 Å². The molecule has 1 heterocycles. The normalized spacial score (nSPS) is 23.5. The average Bonchev–Trinajstić information content (AvgIpc) is 2.70. The van der Waals surface area contributed by atoms with Crippen LogP contribution in [0.2, 0.25) is 0 Å². The number of carboxylic acids is 1. The number of aromatic nitrogens is 1. The Balaban J connectivity index is 1.86. The van der Waals surface area contributed by atoms with Gasteiger partial charge in [-0.05, 0) is 39.2 Å². The first-order chi connectivity index (χ1) is 9.09. The van der Waals surface area contributed by atoms with Crippen molar-refractivity contribution in [2.24, 2.45) is 11.8 Å². The van der Waals surface area contributed by atoms with E-state index in [0.717, 1.165) is 49.2 Å². The van der Waals surface area contributed by atoms with Crippen LogP contribution >= 0.6 is 0 Å². The molecular formula is C14H22N2O3. The van der Waals surface area contributed by atoms with Gasteiger partial charge in [-0.3, -0.25) is 4.79 Å². The summed E-state index contributed by atoms with van der Waals surface area (Å²) in [5.41, 5.74) is 1.99. The molecule has 1 aromatic heterocycles. The molecule has 5 nitrogen and oxygen atoms in total. The van der Waals surface area contributed by atoms with E-state index in [1.807, 2.05) is 13.8 Å². The highest BCUT2D eigenvalue weighted by Crippen LogP contribution is 2.29. The second-order valence-electron chi connectivity index (χ2n) is 5.42. The predicted octanol–water partition coefficient (Wildman–Crippen LogP) is 2.27. The first-order valence-corrected chi connectivity index (χ1v) is 6.95. The summed E-state index contributed by atoms with van der Waals surface area (Å²) in [6, 6.07) is 0. The van der Waals surface area contributed by atoms with Crippen molar-refractivity contribution in [3.05, 3.63) is 17.0 Å². The van der Waals surface area contributed by atoms with Crippen molar-refractivity contribution in [2.75, 3.05) is 6.54 Å². The van der Waals surface area contributed by atoms with Crippen LogP contribution in [0.15, 0.2) is 4.52 Å². The minimum Gasteiger partial charge on any atom is -0.481 e. The Labute approximate surface area is 113 Å². The molecule has 0 saturated heterocycles. The van der Waals surface area contributed by atoms with Crippen molar-refractivity contribution in [1.29, 1.82) is 0 Å². The minimum atomic E-state index is -0.649. The summed E-state index contributed by atoms with van der Waals surface area (Å²) in [6.07, 6.45) is 4.00. The summed E-state index contributed by atoms with van der Waals surface area (Å²) < 4.78 is 5.11. The van der Waals surface area contributed by atoms with Crippen LogP contribution in [0.3, 0.4) is 0 Å². The minimum absolute atomic E-state index is 0.189. The third-order valence-corrected chi connectivity index (χ3v) is 4.12. The third-order valence-electron chi connectivity index (χ3n) is 4.12. The topological polar surface area (TPSA) is 75.4 Å². The molecule has 106 valence electrons. The molecule has 1 aliphatic carbocycles. The molecule has 0 amide bonds. The van der Waals surface area contributed by atoms with E-state index in [0.29, 0.717) is 6.54 Å². The summed E-state index contributed by atoms with van der Waals surface area (Å²) in [4.78, 5) is 11.2. The van der Waals surface area contributed by atoms with Crippen molar-refractivity contribution in [3.8, 4) is 0 Å². The van der Waals surface area contributed by atoms with Gasteiger partial charge < -0.3 is 14.9 Å². The van der Waals surface area contributed by atoms with Gasteiger partial charge in [0.05, 0.1) is 11.6 Å². The highest BCUT2D eigenvalue weighted by molar-refractivity contribution is 5.70. The van der Waals surface area contributed by atoms with Crippen molar-refractivity contribution in [3.63, 3.8) is 0 Å². The molecule has 1 aromatic rings. The molecule has 0 spiro atoms. The van der Waals surface area contributed by atoms with E-state index < -0.39 is 5.97 Å². The lowest BCUT2D eigenvalue weighted by atomic mass is 9.79. The monoisotopic (exact) mass is 266 g/mol. The zero-order chi connectivity index (χ0) is 13.8. The van der Waals surface area contributed by atoms with Gasteiger partial charge >= 0.3 is 5.97 Å². The van der Waals surface area contributed by atoms with Crippen molar-refractivity contribution in [2.45, 2.75) is 46.1 Å². The maximum Gasteiger partial charge on any atom is 0.306 e. The molecule has 2 rings (SSSR count). The van der Waals surface area contributed by atoms with E-state index in [1.165, 1.54) is 0 Å². The second kappa shape index (κ2) is 6.19. The van der Waals surface area contributed by atoms with E-state index in [1.54, 1.807) is 0 Å². The van der Waals surface area contributed by atoms with Gasteiger partial charge in [-0.2, -0.15) is 0 Å². The second-order valence-corrected chi connectivity index (χ2v) is 5.42. The van der Waals surface area contributed by atoms with Gasteiger partial charge in [0.15, 0.2) is 0 Å². The van der Waals surface area contributed by atoms with E-state index in [9.17, 15) is 9.90 Å². The number of nitrogens with one attached hydrogen (secondary N) is 1. The van der Waals surface area contributed by atoms with Crippen molar-refractivity contribution in [1.82, 2.24) is 10.5 Å². The van der Waals surface area contributed by atoms with E-state index >= 15 is 0 Å². The lowest BCUT2D eigenvalue weighted by Gasteiger charge is -2.28. The fourth-order valence-corrected chi connectivity index (χ4v) is 2.91. The van der Waals surface area contributed by atoms with Gasteiger partial charge in [0.2, 0.25) is 0 Å². The first-order valence-electron chi connectivity index (χ1n) is 6.95. The largest absolute Gasteiger partial charge is 0.481 e. The summed E-state index contributed by atoms with van der Waals surface area (Å²) in [7, 11) is 0. The Morgan fingerprint density at radius 1 is 1.42 bits per heavy atom. The number of aryl methyl sites for hydroxylation is 2. The van der Waals surface area contributed by atoms with Gasteiger partial charge in [-0.15, -0.1) is 0 Å². The number of rotatable bonds is 5. The van der Waals surface area contributed by atoms with Crippen LogP contribution in [-0.2, 0) is 11.3 Å². The first kappa shape index (κ1) is 14.1. The Hall–Kier alpha value is -1.36. The van der Waals surface area contributed by atoms with Crippen molar-refractivity contribution < 1.29 is 14.4 Å². The maximum atomic E-state index is 11.2. The SMILES string of the molecule is Cc1noc(C)c1CNCC1CCCCC1C(=O)O. The number of hydrogen-bond donors (Lipinski definition) is 2. The van der Waals surface area contributed by atoms with Gasteiger partial charge in [0.1, 0.15) is 5.76 Å². The van der Waals surface area contributed by atoms with Crippen LogP contribution in [0.1, 0.15) is 42.7 Å². The maximum absolute atomic E-state index is 11.2. The van der Waals surface area contributed by atoms with Gasteiger partial charge in [0, 0.05) is 12.1 Å². The molecule has 2 atom stereocenters. The number of carboxylic acid groups (broad SMARTS) is 1. The number of aliphatic carboxylic acids is 1. The van der Waals surface area contributed by atoms with Crippen LogP contribution in [-0.4, -0.2) is 22.8 Å². The van der Waals surface area contributed by atoms with Crippen LogP contribution in [0.5, 0.6) is 0 Å². The van der Waals surface area contributed by atoms with Crippen LogP contribution in [0.25, 0.3) is 0 Å². The summed E-state index contributed by atoms with van der Waals surface area (Å²) in [5.74, 6) is 0.241. The molecule has 0 radical (unpaired) electrons. The molecule has 0 aromatic carbocycles. The third kappa shape index (κ3) is 3.35. The molecular weight excluding hydrogens is 244 g/mol. The highest BCUT2D eigenvalue weighted by atomic mass is 16.5. The summed E-state index contributed by atoms with van der Waals surface area (Å²) in [6.45, 7) is 5.27. The van der Waals surface area contributed by atoms with Crippen LogP contribution in [0.4, 0.5) is 0 Å². The summed E-state index contributed by atoms with van der Waals surface area (Å²) >= 11 is 0. The molecule has 1 fully saturated rings. The molecule has 0 aliphatic heterocycles. The fourth-order valence-electron chi connectivity index (χ4n) is 2.91. The van der Waals surface area contributed by atoms with E-state index in [4.69, 9.17) is 4.52 Å². The zero-order valence-electron chi connectivity index (χ0n) is 11.6. The molecule has 0 bridgehead atoms. The quantitative estimate of drug-likeness (QED) is 0.855. The Bertz CT molecular complexity index is 422. The lowest BCUT2D eigenvalue weighted by molar-refractivity contribution is -0.144. The Morgan fingerprint density at radius 3 is 2.79 bits per heavy atom. The molecule has 2 unspecified atom stereocenters. The number of hydrogen-bond acceptors (Lipinski definition) is 4. The zero-order valence-corrected chi connectivity index (χ0v) is 11.6. The van der Waals surface area contributed by atoms with E-state index in [2.05, 4.69) is 10.5 Å². The molecule has 1 saturated carbocycles. The van der Waals surface area contributed by atoms with Gasteiger partial charge in [-0.1, -0.05) is 18.0 Å². The Morgan fingerprint density at radius 2 is 2.16 bits per heavy atom. The van der Waals surface area contributed by atoms with Crippen LogP contribution in [0, 0.1) is 25.7 Å². The van der Waals surface area contributed by atoms with Gasteiger partial charge in [0.25, 0.3) is 0 Å². The number of nitrogens with zero attached hydrogens (tertiary/aromatic N) is 1. The molecule has 1 aliphatic rings. The fraction of sp³-hybridized carbons (Fsp3) is 0.714. The molecule has 19 heavy (non-hydrogen) atoms. The number of carbonyl (C=O) groups is 1. The summed E-state index contributed by atoms with van der Waals surface area (Å²) in [5, 5.41) is 16.5. The van der Waals surface area contributed by atoms with Crippen LogP contribution < -0.4 is 5.32 Å². The van der Waals surface area contributed by atoms with Gasteiger partial charge in [-0.25, -0.2) is 0 Å². The standard InChI is InChI=1S/C14H22N2O3/c1-9-13(10(2)19-16-9)8-15-7-11-5-3-4-6-12(11)14(17)18/h11-12,15H,3-8H2,1-2H3,(H,17,18). The smallest absolute Gasteiger partial charge is 0.306 e. The highest BCUT2D eigenvalue weighted by Gasteiger charge is 2.30. The molecule has 2 N–H and O–H groups in total. The van der Waals surface area contributed by atoms with Crippen molar-refractivity contribution >= 4 is 5.97 Å². The average molecular weight is 266 g/mol. The predicted molar refractivity (Wildman–Crippen MR) is 70.8 cm³/mol. The Kier molecular flexibility index (Phi) is 4.58. The lowest BCUT2D eigenvalue weighted by Crippen LogP contribution is -2.34.